The molecule has 3 heteroatoms. The number of ether oxygens (including phenoxy) is 1. The number of amides is 1. The van der Waals surface area contributed by atoms with E-state index in [1.165, 1.54) is 5.56 Å². The van der Waals surface area contributed by atoms with Crippen LogP contribution in [-0.2, 0) is 11.2 Å². The van der Waals surface area contributed by atoms with Crippen LogP contribution in [0.5, 0.6) is 0 Å². The van der Waals surface area contributed by atoms with Crippen LogP contribution in [0.4, 0.5) is 4.79 Å². The number of primary amides is 1. The van der Waals surface area contributed by atoms with Gasteiger partial charge in [0.05, 0.1) is 0 Å². The Morgan fingerprint density at radius 1 is 1.38 bits per heavy atom. The summed E-state index contributed by atoms with van der Waals surface area (Å²) in [7, 11) is 0. The van der Waals surface area contributed by atoms with E-state index in [4.69, 9.17) is 10.5 Å². The lowest BCUT2D eigenvalue weighted by molar-refractivity contribution is 0.186. The Bertz CT molecular complexity index is 382. The van der Waals surface area contributed by atoms with Gasteiger partial charge in [0.15, 0.2) is 0 Å². The third-order valence-corrected chi connectivity index (χ3v) is 1.97. The normalized spacial score (nSPS) is 13.4. The van der Waals surface area contributed by atoms with Crippen molar-refractivity contribution in [2.45, 2.75) is 6.42 Å². The number of allylic oxidation sites excluding steroid dienone is 1. The Hall–Kier alpha value is -1.77. The molecule has 2 rings (SSSR count). The smallest absolute Gasteiger partial charge is 0.409 e. The lowest BCUT2D eigenvalue weighted by Gasteiger charge is -1.99. The molecule has 0 unspecified atom stereocenters. The molecule has 3 nitrogen and oxygen atoms in total. The predicted octanol–water partition coefficient (Wildman–Crippen LogP) is 1.68. The van der Waals surface area contributed by atoms with Crippen molar-refractivity contribution in [3.63, 3.8) is 0 Å². The van der Waals surface area contributed by atoms with E-state index >= 15 is 0 Å². The minimum absolute atomic E-state index is 0.619. The van der Waals surface area contributed by atoms with Gasteiger partial charge in [0.2, 0.25) is 0 Å². The van der Waals surface area contributed by atoms with Gasteiger partial charge in [-0.05, 0) is 17.2 Å². The summed E-state index contributed by atoms with van der Waals surface area (Å²) in [5.41, 5.74) is 7.17. The summed E-state index contributed by atoms with van der Waals surface area (Å²) >= 11 is 0. The number of carbonyl (C=O) groups excluding carboxylic acids is 1. The van der Waals surface area contributed by atoms with Crippen molar-refractivity contribution < 1.29 is 9.53 Å². The van der Waals surface area contributed by atoms with Crippen molar-refractivity contribution in [1.82, 2.24) is 0 Å². The van der Waals surface area contributed by atoms with Gasteiger partial charge in [0.1, 0.15) is 5.76 Å². The predicted molar refractivity (Wildman–Crippen MR) is 48.8 cm³/mol. The van der Waals surface area contributed by atoms with Gasteiger partial charge >= 0.3 is 6.09 Å². The fourth-order valence-electron chi connectivity index (χ4n) is 1.44. The standard InChI is InChI=1S/C10H9NO2/c11-10(12)13-9-5-7-3-1-2-4-8(7)6-9/h1-5H,6H2,(H2,11,12). The summed E-state index contributed by atoms with van der Waals surface area (Å²) < 4.78 is 4.79. The monoisotopic (exact) mass is 175 g/mol. The topological polar surface area (TPSA) is 52.3 Å². The number of carbonyl (C=O) groups is 1. The van der Waals surface area contributed by atoms with Crippen molar-refractivity contribution in [3.05, 3.63) is 41.2 Å². The van der Waals surface area contributed by atoms with Crippen LogP contribution >= 0.6 is 0 Å². The first-order valence-electron chi connectivity index (χ1n) is 4.01. The largest absolute Gasteiger partial charge is 0.415 e. The lowest BCUT2D eigenvalue weighted by atomic mass is 10.1. The van der Waals surface area contributed by atoms with E-state index in [1.807, 2.05) is 30.3 Å². The zero-order valence-electron chi connectivity index (χ0n) is 6.99. The fourth-order valence-corrected chi connectivity index (χ4v) is 1.44. The molecule has 1 aromatic rings. The van der Waals surface area contributed by atoms with E-state index in [2.05, 4.69) is 0 Å². The van der Waals surface area contributed by atoms with Gasteiger partial charge in [0, 0.05) is 6.42 Å². The molecule has 1 amide bonds. The van der Waals surface area contributed by atoms with E-state index < -0.39 is 6.09 Å². The number of hydrogen-bond acceptors (Lipinski definition) is 2. The average Bonchev–Trinajstić information content (AvgIpc) is 2.44. The molecule has 0 saturated heterocycles. The van der Waals surface area contributed by atoms with Crippen molar-refractivity contribution in [1.29, 1.82) is 0 Å². The number of fused-ring (bicyclic) bond motifs is 1. The Labute approximate surface area is 75.8 Å². The molecule has 1 aliphatic carbocycles. The molecule has 0 bridgehead atoms. The van der Waals surface area contributed by atoms with Crippen LogP contribution in [0.2, 0.25) is 0 Å². The summed E-state index contributed by atoms with van der Waals surface area (Å²) in [6.45, 7) is 0. The molecule has 66 valence electrons. The number of rotatable bonds is 1. The van der Waals surface area contributed by atoms with Crippen molar-refractivity contribution in [2.75, 3.05) is 0 Å². The number of benzene rings is 1. The van der Waals surface area contributed by atoms with Crippen molar-refractivity contribution in [3.8, 4) is 0 Å². The van der Waals surface area contributed by atoms with Crippen LogP contribution in [0, 0.1) is 0 Å². The maximum Gasteiger partial charge on any atom is 0.409 e. The van der Waals surface area contributed by atoms with Gasteiger partial charge in [-0.3, -0.25) is 0 Å². The first kappa shape index (κ1) is 7.86. The molecule has 13 heavy (non-hydrogen) atoms. The number of nitrogens with two attached hydrogens (primary N) is 1. The Balaban J connectivity index is 2.21. The second-order valence-corrected chi connectivity index (χ2v) is 2.91. The third kappa shape index (κ3) is 1.54. The minimum Gasteiger partial charge on any atom is -0.415 e. The van der Waals surface area contributed by atoms with Crippen LogP contribution in [0.15, 0.2) is 30.0 Å². The fraction of sp³-hybridized carbons (Fsp3) is 0.100. The third-order valence-electron chi connectivity index (χ3n) is 1.97. The summed E-state index contributed by atoms with van der Waals surface area (Å²) in [4.78, 5) is 10.5. The van der Waals surface area contributed by atoms with E-state index in [0.29, 0.717) is 12.2 Å². The van der Waals surface area contributed by atoms with Gasteiger partial charge in [-0.25, -0.2) is 4.79 Å². The zero-order valence-corrected chi connectivity index (χ0v) is 6.99. The van der Waals surface area contributed by atoms with Gasteiger partial charge in [0.25, 0.3) is 0 Å². The molecule has 2 N–H and O–H groups in total. The molecule has 0 aliphatic heterocycles. The minimum atomic E-state index is -0.751. The number of hydrogen-bond donors (Lipinski definition) is 1. The Kier molecular flexibility index (Phi) is 1.77. The molecular weight excluding hydrogens is 166 g/mol. The molecule has 0 aromatic heterocycles. The maximum atomic E-state index is 10.5. The highest BCUT2D eigenvalue weighted by atomic mass is 16.5. The molecular formula is C10H9NO2. The lowest BCUT2D eigenvalue weighted by Crippen LogP contribution is -2.12. The molecule has 0 saturated carbocycles. The van der Waals surface area contributed by atoms with Crippen LogP contribution in [-0.4, -0.2) is 6.09 Å². The Morgan fingerprint density at radius 2 is 2.15 bits per heavy atom. The van der Waals surface area contributed by atoms with Gasteiger partial charge < -0.3 is 10.5 Å². The van der Waals surface area contributed by atoms with Crippen molar-refractivity contribution >= 4 is 12.2 Å². The molecule has 0 atom stereocenters. The maximum absolute atomic E-state index is 10.5. The van der Waals surface area contributed by atoms with Crippen LogP contribution < -0.4 is 5.73 Å². The first-order valence-corrected chi connectivity index (χ1v) is 4.01. The highest BCUT2D eigenvalue weighted by Crippen LogP contribution is 2.24. The van der Waals surface area contributed by atoms with Gasteiger partial charge in [-0.1, -0.05) is 24.3 Å². The molecule has 0 spiro atoms. The summed E-state index contributed by atoms with van der Waals surface area (Å²) in [5.74, 6) is 0.619. The van der Waals surface area contributed by atoms with E-state index in [-0.39, 0.29) is 0 Å². The van der Waals surface area contributed by atoms with E-state index in [9.17, 15) is 4.79 Å². The zero-order chi connectivity index (χ0) is 9.26. The molecule has 0 heterocycles. The van der Waals surface area contributed by atoms with E-state index in [1.54, 1.807) is 0 Å². The summed E-state index contributed by atoms with van der Waals surface area (Å²) in [6, 6.07) is 7.89. The first-order chi connectivity index (χ1) is 6.25. The highest BCUT2D eigenvalue weighted by Gasteiger charge is 2.14. The van der Waals surface area contributed by atoms with Gasteiger partial charge in [-0.15, -0.1) is 0 Å². The second kappa shape index (κ2) is 2.94. The quantitative estimate of drug-likeness (QED) is 0.705. The summed E-state index contributed by atoms with van der Waals surface area (Å²) in [6.07, 6.45) is 1.73. The van der Waals surface area contributed by atoms with Crippen LogP contribution in [0.3, 0.4) is 0 Å². The molecule has 1 aliphatic rings. The second-order valence-electron chi connectivity index (χ2n) is 2.91. The SMILES string of the molecule is NC(=O)OC1=Cc2ccccc2C1. The molecule has 0 fully saturated rings. The van der Waals surface area contributed by atoms with Gasteiger partial charge in [-0.2, -0.15) is 0 Å². The van der Waals surface area contributed by atoms with Crippen molar-refractivity contribution in [2.24, 2.45) is 5.73 Å². The van der Waals surface area contributed by atoms with Crippen LogP contribution in [0.25, 0.3) is 6.08 Å². The summed E-state index contributed by atoms with van der Waals surface area (Å²) in [5, 5.41) is 0. The molecule has 1 aromatic carbocycles. The van der Waals surface area contributed by atoms with Crippen LogP contribution in [0.1, 0.15) is 11.1 Å². The Morgan fingerprint density at radius 3 is 2.85 bits per heavy atom. The van der Waals surface area contributed by atoms with E-state index in [0.717, 1.165) is 5.56 Å². The average molecular weight is 175 g/mol. The highest BCUT2D eigenvalue weighted by molar-refractivity contribution is 5.70. The molecule has 0 radical (unpaired) electrons.